The van der Waals surface area contributed by atoms with Gasteiger partial charge in [0, 0.05) is 28.5 Å². The third-order valence-electron chi connectivity index (χ3n) is 9.03. The third-order valence-corrected chi connectivity index (χ3v) is 9.03. The molecule has 0 aliphatic carbocycles. The summed E-state index contributed by atoms with van der Waals surface area (Å²) in [4.78, 5) is 15.0. The molecule has 240 valence electrons. The van der Waals surface area contributed by atoms with Crippen LogP contribution in [0.1, 0.15) is 23.6 Å². The predicted molar refractivity (Wildman–Crippen MR) is 208 cm³/mol. The Morgan fingerprint density at radius 1 is 0.560 bits per heavy atom. The number of aromatic nitrogens is 3. The van der Waals surface area contributed by atoms with E-state index in [-0.39, 0.29) is 0 Å². The van der Waals surface area contributed by atoms with Crippen molar-refractivity contribution >= 4 is 28.6 Å². The number of benzene rings is 6. The van der Waals surface area contributed by atoms with Gasteiger partial charge in [0.1, 0.15) is 0 Å². The molecule has 2 heterocycles. The zero-order valence-corrected chi connectivity index (χ0v) is 27.8. The van der Waals surface area contributed by atoms with Crippen molar-refractivity contribution in [2.45, 2.75) is 6.92 Å². The molecule has 1 aromatic heterocycles. The van der Waals surface area contributed by atoms with Crippen molar-refractivity contribution in [2.75, 3.05) is 6.67 Å². The van der Waals surface area contributed by atoms with Crippen LogP contribution in [-0.2, 0) is 0 Å². The second-order valence-electron chi connectivity index (χ2n) is 12.2. The summed E-state index contributed by atoms with van der Waals surface area (Å²) >= 11 is 0. The van der Waals surface area contributed by atoms with Gasteiger partial charge in [-0.2, -0.15) is 0 Å². The quantitative estimate of drug-likeness (QED) is 0.172. The molecule has 7 aromatic rings. The SMILES string of the molecule is C=Cc1c(/C=C\C)c(-c2ccc(-c3cc(C4=CNCN4)cc(-c4nc(-c5ccccc5)nc(-c5ccccc5)n4)c3)cc2)cc2ccccc12. The van der Waals surface area contributed by atoms with Crippen molar-refractivity contribution in [3.05, 3.63) is 169 Å². The highest BCUT2D eigenvalue weighted by molar-refractivity contribution is 6.00. The zero-order chi connectivity index (χ0) is 33.9. The van der Waals surface area contributed by atoms with Gasteiger partial charge in [-0.3, -0.25) is 0 Å². The van der Waals surface area contributed by atoms with E-state index in [1.165, 1.54) is 21.9 Å². The van der Waals surface area contributed by atoms with E-state index in [2.05, 4.69) is 109 Å². The lowest BCUT2D eigenvalue weighted by molar-refractivity contribution is 0.843. The normalized spacial score (nSPS) is 12.5. The van der Waals surface area contributed by atoms with Gasteiger partial charge in [0.15, 0.2) is 17.5 Å². The first-order chi connectivity index (χ1) is 24.7. The molecular formula is C45H35N5. The van der Waals surface area contributed by atoms with Crippen LogP contribution in [0, 0.1) is 0 Å². The Morgan fingerprint density at radius 3 is 1.76 bits per heavy atom. The van der Waals surface area contributed by atoms with E-state index in [0.717, 1.165) is 50.2 Å². The largest absolute Gasteiger partial charge is 0.372 e. The summed E-state index contributed by atoms with van der Waals surface area (Å²) in [6.45, 7) is 6.91. The highest BCUT2D eigenvalue weighted by Gasteiger charge is 2.17. The molecule has 0 saturated carbocycles. The van der Waals surface area contributed by atoms with Crippen LogP contribution in [0.2, 0.25) is 0 Å². The van der Waals surface area contributed by atoms with Crippen LogP contribution in [0.15, 0.2) is 152 Å². The van der Waals surface area contributed by atoms with E-state index in [1.54, 1.807) is 0 Å². The lowest BCUT2D eigenvalue weighted by atomic mass is 9.89. The summed E-state index contributed by atoms with van der Waals surface area (Å²) < 4.78 is 0. The molecule has 8 rings (SSSR count). The smallest absolute Gasteiger partial charge is 0.164 e. The Kier molecular flexibility index (Phi) is 8.29. The first kappa shape index (κ1) is 30.7. The molecule has 6 aromatic carbocycles. The predicted octanol–water partition coefficient (Wildman–Crippen LogP) is 10.5. The Hall–Kier alpha value is -6.59. The van der Waals surface area contributed by atoms with Gasteiger partial charge >= 0.3 is 0 Å². The minimum absolute atomic E-state index is 0.619. The van der Waals surface area contributed by atoms with E-state index in [0.29, 0.717) is 24.1 Å². The van der Waals surface area contributed by atoms with Gasteiger partial charge in [-0.1, -0.05) is 134 Å². The van der Waals surface area contributed by atoms with Crippen LogP contribution in [0.3, 0.4) is 0 Å². The van der Waals surface area contributed by atoms with E-state index < -0.39 is 0 Å². The maximum atomic E-state index is 5.03. The van der Waals surface area contributed by atoms with Crippen LogP contribution in [0.4, 0.5) is 0 Å². The molecule has 5 heteroatoms. The standard InChI is InChI=1S/C45H35N5/c1-3-13-40-38(4-2)39-19-12-11-18-34(39)27-41(40)31-22-20-30(21-23-31)35-24-36(42-28-46-29-47-42)26-37(25-35)45-49-43(32-14-7-5-8-15-32)48-44(50-45)33-16-9-6-10-17-33/h3-28,46-47H,2,29H2,1H3/b13-3-. The highest BCUT2D eigenvalue weighted by Crippen LogP contribution is 2.37. The fraction of sp³-hybridized carbons (Fsp3) is 0.0444. The van der Waals surface area contributed by atoms with Crippen molar-refractivity contribution in [1.82, 2.24) is 25.6 Å². The van der Waals surface area contributed by atoms with Gasteiger partial charge in [0.25, 0.3) is 0 Å². The second-order valence-corrected chi connectivity index (χ2v) is 12.2. The number of rotatable bonds is 8. The minimum atomic E-state index is 0.619. The van der Waals surface area contributed by atoms with Crippen LogP contribution in [0.5, 0.6) is 0 Å². The van der Waals surface area contributed by atoms with Crippen LogP contribution >= 0.6 is 0 Å². The molecule has 0 spiro atoms. The Labute approximate surface area is 292 Å². The molecule has 0 fully saturated rings. The number of nitrogens with zero attached hydrogens (tertiary/aromatic N) is 3. The Bertz CT molecular complexity index is 2350. The van der Waals surface area contributed by atoms with Crippen molar-refractivity contribution < 1.29 is 0 Å². The maximum absolute atomic E-state index is 5.03. The molecule has 0 amide bonds. The number of nitrogens with one attached hydrogen (secondary N) is 2. The van der Waals surface area contributed by atoms with Crippen molar-refractivity contribution in [2.24, 2.45) is 0 Å². The zero-order valence-electron chi connectivity index (χ0n) is 27.8. The molecule has 5 nitrogen and oxygen atoms in total. The molecule has 2 N–H and O–H groups in total. The van der Waals surface area contributed by atoms with Gasteiger partial charge in [-0.25, -0.2) is 15.0 Å². The highest BCUT2D eigenvalue weighted by atomic mass is 15.1. The van der Waals surface area contributed by atoms with Crippen molar-refractivity contribution in [3.63, 3.8) is 0 Å². The number of hydrogen-bond donors (Lipinski definition) is 2. The third kappa shape index (κ3) is 5.97. The van der Waals surface area contributed by atoms with Crippen LogP contribution in [0.25, 0.3) is 85.0 Å². The maximum Gasteiger partial charge on any atom is 0.164 e. The minimum Gasteiger partial charge on any atom is -0.372 e. The van der Waals surface area contributed by atoms with Crippen molar-refractivity contribution in [3.8, 4) is 56.4 Å². The molecule has 0 unspecified atom stereocenters. The molecule has 1 aliphatic rings. The average Bonchev–Trinajstić information content (AvgIpc) is 3.74. The van der Waals surface area contributed by atoms with Crippen LogP contribution < -0.4 is 10.6 Å². The van der Waals surface area contributed by atoms with E-state index in [1.807, 2.05) is 72.9 Å². The number of allylic oxidation sites excluding steroid dienone is 1. The molecular weight excluding hydrogens is 611 g/mol. The fourth-order valence-corrected chi connectivity index (χ4v) is 6.59. The van der Waals surface area contributed by atoms with Gasteiger partial charge in [0.05, 0.1) is 12.4 Å². The first-order valence-electron chi connectivity index (χ1n) is 16.8. The van der Waals surface area contributed by atoms with E-state index in [9.17, 15) is 0 Å². The van der Waals surface area contributed by atoms with E-state index >= 15 is 0 Å². The topological polar surface area (TPSA) is 62.7 Å². The van der Waals surface area contributed by atoms with Gasteiger partial charge in [0.2, 0.25) is 0 Å². The van der Waals surface area contributed by atoms with Gasteiger partial charge < -0.3 is 10.6 Å². The van der Waals surface area contributed by atoms with Crippen molar-refractivity contribution in [1.29, 1.82) is 0 Å². The van der Waals surface area contributed by atoms with Crippen LogP contribution in [-0.4, -0.2) is 21.6 Å². The molecule has 0 radical (unpaired) electrons. The molecule has 0 saturated heterocycles. The summed E-state index contributed by atoms with van der Waals surface area (Å²) in [7, 11) is 0. The molecule has 0 bridgehead atoms. The number of hydrogen-bond acceptors (Lipinski definition) is 5. The summed E-state index contributed by atoms with van der Waals surface area (Å²) in [6.07, 6.45) is 8.26. The summed E-state index contributed by atoms with van der Waals surface area (Å²) in [5, 5.41) is 9.15. The average molecular weight is 646 g/mol. The van der Waals surface area contributed by atoms with Gasteiger partial charge in [-0.15, -0.1) is 0 Å². The lowest BCUT2D eigenvalue weighted by Crippen LogP contribution is -2.13. The Morgan fingerprint density at radius 2 is 1.14 bits per heavy atom. The molecule has 1 aliphatic heterocycles. The Balaban J connectivity index is 1.26. The summed E-state index contributed by atoms with van der Waals surface area (Å²) in [5.74, 6) is 1.89. The second kappa shape index (κ2) is 13.5. The van der Waals surface area contributed by atoms with E-state index in [4.69, 9.17) is 15.0 Å². The fourth-order valence-electron chi connectivity index (χ4n) is 6.59. The first-order valence-corrected chi connectivity index (χ1v) is 16.8. The molecule has 50 heavy (non-hydrogen) atoms. The summed E-state index contributed by atoms with van der Waals surface area (Å²) in [5.41, 5.74) is 11.7. The monoisotopic (exact) mass is 645 g/mol. The molecule has 0 atom stereocenters. The number of fused-ring (bicyclic) bond motifs is 1. The summed E-state index contributed by atoms with van der Waals surface area (Å²) in [6, 6.07) is 46.3. The lowest BCUT2D eigenvalue weighted by Gasteiger charge is -2.15. The van der Waals surface area contributed by atoms with Gasteiger partial charge in [-0.05, 0) is 75.3 Å².